The molecular formula is C17H13F6NOS. The predicted molar refractivity (Wildman–Crippen MR) is 86.2 cm³/mol. The Morgan fingerprint density at radius 1 is 0.923 bits per heavy atom. The first-order chi connectivity index (χ1) is 12.0. The molecular weight excluding hydrogens is 380 g/mol. The van der Waals surface area contributed by atoms with E-state index in [0.717, 1.165) is 13.2 Å². The highest BCUT2D eigenvalue weighted by Crippen LogP contribution is 2.65. The van der Waals surface area contributed by atoms with Crippen LogP contribution in [0.4, 0.5) is 26.3 Å². The van der Waals surface area contributed by atoms with Crippen LogP contribution < -0.4 is 4.74 Å². The third-order valence-electron chi connectivity index (χ3n) is 4.17. The molecule has 0 amide bonds. The van der Waals surface area contributed by atoms with Crippen molar-refractivity contribution >= 4 is 22.5 Å². The second-order valence-electron chi connectivity index (χ2n) is 5.82. The summed E-state index contributed by atoms with van der Waals surface area (Å²) in [5.41, 5.74) is -3.35. The zero-order chi connectivity index (χ0) is 19.5. The highest BCUT2D eigenvalue weighted by molar-refractivity contribution is 7.13. The van der Waals surface area contributed by atoms with Crippen molar-refractivity contribution in [1.82, 2.24) is 4.98 Å². The number of allylic oxidation sites excluding steroid dienone is 2. The molecule has 0 saturated heterocycles. The number of aryl methyl sites for hydroxylation is 2. The number of alkyl halides is 6. The highest BCUT2D eigenvalue weighted by Gasteiger charge is 2.80. The van der Waals surface area contributed by atoms with Crippen molar-refractivity contribution in [2.24, 2.45) is 0 Å². The second-order valence-corrected chi connectivity index (χ2v) is 7.02. The molecule has 0 unspecified atom stereocenters. The van der Waals surface area contributed by atoms with Gasteiger partial charge in [-0.15, -0.1) is 11.3 Å². The molecule has 1 aliphatic carbocycles. The van der Waals surface area contributed by atoms with Crippen LogP contribution in [0.1, 0.15) is 21.1 Å². The Labute approximate surface area is 149 Å². The van der Waals surface area contributed by atoms with E-state index in [-0.39, 0.29) is 16.3 Å². The summed E-state index contributed by atoms with van der Waals surface area (Å²) < 4.78 is 91.6. The number of aromatic nitrogens is 1. The maximum Gasteiger partial charge on any atom is 0.380 e. The summed E-state index contributed by atoms with van der Waals surface area (Å²) in [5.74, 6) is -16.0. The molecule has 0 N–H and O–H groups in total. The number of halogens is 6. The van der Waals surface area contributed by atoms with Gasteiger partial charge in [0.05, 0.1) is 28.3 Å². The van der Waals surface area contributed by atoms with Crippen molar-refractivity contribution in [2.45, 2.75) is 31.6 Å². The third-order valence-corrected chi connectivity index (χ3v) is 5.26. The van der Waals surface area contributed by atoms with Crippen molar-refractivity contribution in [3.63, 3.8) is 0 Å². The Bertz CT molecular complexity index is 902. The lowest BCUT2D eigenvalue weighted by Gasteiger charge is -2.25. The van der Waals surface area contributed by atoms with Crippen LogP contribution in [0.2, 0.25) is 0 Å². The van der Waals surface area contributed by atoms with Crippen LogP contribution in [0.5, 0.6) is 5.75 Å². The fourth-order valence-electron chi connectivity index (χ4n) is 3.00. The molecule has 3 rings (SSSR count). The minimum Gasteiger partial charge on any atom is -0.496 e. The second kappa shape index (κ2) is 5.73. The molecule has 1 aliphatic rings. The van der Waals surface area contributed by atoms with Crippen LogP contribution in [0.25, 0.3) is 11.1 Å². The van der Waals surface area contributed by atoms with E-state index in [1.54, 1.807) is 0 Å². The van der Waals surface area contributed by atoms with Crippen LogP contribution in [0.3, 0.4) is 0 Å². The molecule has 2 nitrogen and oxygen atoms in total. The summed E-state index contributed by atoms with van der Waals surface area (Å²) in [4.78, 5) is 3.53. The summed E-state index contributed by atoms with van der Waals surface area (Å²) in [6.07, 6.45) is 0. The smallest absolute Gasteiger partial charge is 0.380 e. The quantitative estimate of drug-likeness (QED) is 0.634. The van der Waals surface area contributed by atoms with E-state index < -0.39 is 34.5 Å². The molecule has 2 aromatic rings. The number of methoxy groups -OCH3 is 1. The van der Waals surface area contributed by atoms with Gasteiger partial charge in [-0.05, 0) is 19.9 Å². The van der Waals surface area contributed by atoms with Crippen LogP contribution in [-0.2, 0) is 0 Å². The number of thiazole rings is 1. The topological polar surface area (TPSA) is 22.1 Å². The SMILES string of the molecule is COc1ccccc1C1=C(c2sc(C)nc2C)C(F)(F)C(F)(F)C1(F)F. The summed E-state index contributed by atoms with van der Waals surface area (Å²) in [6.45, 7) is 2.80. The number of rotatable bonds is 3. The molecule has 0 bridgehead atoms. The standard InChI is InChI=1S/C17H13F6NOS/c1-8-14(26-9(2)24-8)13-12(10-6-4-5-7-11(10)25-3)15(18,19)17(22,23)16(13,20)21/h4-7H,1-3H3. The fourth-order valence-corrected chi connectivity index (χ4v) is 4.00. The molecule has 9 heteroatoms. The minimum absolute atomic E-state index is 0.0110. The zero-order valence-corrected chi connectivity index (χ0v) is 14.7. The maximum absolute atomic E-state index is 14.6. The van der Waals surface area contributed by atoms with Gasteiger partial charge in [0.2, 0.25) is 0 Å². The van der Waals surface area contributed by atoms with Gasteiger partial charge in [0.1, 0.15) is 5.75 Å². The van der Waals surface area contributed by atoms with Crippen molar-refractivity contribution in [1.29, 1.82) is 0 Å². The largest absolute Gasteiger partial charge is 0.496 e. The van der Waals surface area contributed by atoms with Gasteiger partial charge in [-0.1, -0.05) is 18.2 Å². The Morgan fingerprint density at radius 2 is 1.50 bits per heavy atom. The molecule has 1 heterocycles. The number of hydrogen-bond donors (Lipinski definition) is 0. The van der Waals surface area contributed by atoms with Crippen LogP contribution in [0, 0.1) is 13.8 Å². The molecule has 0 aliphatic heterocycles. The molecule has 0 atom stereocenters. The first kappa shape index (κ1) is 18.8. The highest BCUT2D eigenvalue weighted by atomic mass is 32.1. The van der Waals surface area contributed by atoms with Crippen LogP contribution >= 0.6 is 11.3 Å². The summed E-state index contributed by atoms with van der Waals surface area (Å²) in [6, 6.07) is 5.02. The maximum atomic E-state index is 14.6. The zero-order valence-electron chi connectivity index (χ0n) is 13.8. The number of hydrogen-bond acceptors (Lipinski definition) is 3. The van der Waals surface area contributed by atoms with Gasteiger partial charge in [-0.3, -0.25) is 0 Å². The van der Waals surface area contributed by atoms with Gasteiger partial charge >= 0.3 is 17.8 Å². The van der Waals surface area contributed by atoms with Crippen LogP contribution in [-0.4, -0.2) is 29.9 Å². The molecule has 1 aromatic carbocycles. The Morgan fingerprint density at radius 3 is 2.04 bits per heavy atom. The fraction of sp³-hybridized carbons (Fsp3) is 0.353. The Balaban J connectivity index is 2.46. The van der Waals surface area contributed by atoms with Gasteiger partial charge in [0, 0.05) is 11.1 Å². The lowest BCUT2D eigenvalue weighted by atomic mass is 9.97. The number of para-hydroxylation sites is 1. The van der Waals surface area contributed by atoms with Gasteiger partial charge in [0.15, 0.2) is 0 Å². The monoisotopic (exact) mass is 393 g/mol. The van der Waals surface area contributed by atoms with E-state index in [1.807, 2.05) is 0 Å². The van der Waals surface area contributed by atoms with Gasteiger partial charge in [-0.25, -0.2) is 4.98 Å². The predicted octanol–water partition coefficient (Wildman–Crippen LogP) is 5.60. The van der Waals surface area contributed by atoms with E-state index in [4.69, 9.17) is 4.74 Å². The number of benzene rings is 1. The van der Waals surface area contributed by atoms with Gasteiger partial charge in [0.25, 0.3) is 0 Å². The van der Waals surface area contributed by atoms with Gasteiger partial charge in [-0.2, -0.15) is 26.3 Å². The molecule has 140 valence electrons. The normalized spacial score (nSPS) is 20.5. The summed E-state index contributed by atoms with van der Waals surface area (Å²) >= 11 is 0.671. The van der Waals surface area contributed by atoms with E-state index in [9.17, 15) is 26.3 Å². The van der Waals surface area contributed by atoms with E-state index in [1.165, 1.54) is 32.0 Å². The van der Waals surface area contributed by atoms with Crippen molar-refractivity contribution in [3.05, 3.63) is 45.4 Å². The van der Waals surface area contributed by atoms with Crippen molar-refractivity contribution < 1.29 is 31.1 Å². The molecule has 0 radical (unpaired) electrons. The van der Waals surface area contributed by atoms with Crippen molar-refractivity contribution in [2.75, 3.05) is 7.11 Å². The number of nitrogens with zero attached hydrogens (tertiary/aromatic N) is 1. The van der Waals surface area contributed by atoms with E-state index >= 15 is 0 Å². The lowest BCUT2D eigenvalue weighted by molar-refractivity contribution is -0.254. The minimum atomic E-state index is -5.59. The van der Waals surface area contributed by atoms with Crippen LogP contribution in [0.15, 0.2) is 24.3 Å². The first-order valence-corrected chi connectivity index (χ1v) is 8.25. The lowest BCUT2D eigenvalue weighted by Crippen LogP contribution is -2.48. The van der Waals surface area contributed by atoms with Gasteiger partial charge < -0.3 is 4.74 Å². The molecule has 0 spiro atoms. The van der Waals surface area contributed by atoms with E-state index in [0.29, 0.717) is 16.3 Å². The molecule has 0 saturated carbocycles. The Kier molecular flexibility index (Phi) is 4.14. The molecule has 0 fully saturated rings. The average Bonchev–Trinajstić information content (AvgIpc) is 2.93. The summed E-state index contributed by atoms with van der Waals surface area (Å²) in [7, 11) is 1.14. The Hall–Kier alpha value is -2.03. The summed E-state index contributed by atoms with van der Waals surface area (Å²) in [5, 5.41) is 0.304. The average molecular weight is 393 g/mol. The molecule has 1 aromatic heterocycles. The number of ether oxygens (including phenoxy) is 1. The molecule has 26 heavy (non-hydrogen) atoms. The third kappa shape index (κ3) is 2.29. The van der Waals surface area contributed by atoms with E-state index in [2.05, 4.69) is 4.98 Å². The first-order valence-electron chi connectivity index (χ1n) is 7.43. The van der Waals surface area contributed by atoms with Crippen molar-refractivity contribution in [3.8, 4) is 5.75 Å².